The van der Waals surface area contributed by atoms with Gasteiger partial charge in [0.1, 0.15) is 22.9 Å². The minimum Gasteiger partial charge on any atom is -0.508 e. The number of aliphatic hydroxyl groups is 8. The first-order valence-corrected chi connectivity index (χ1v) is 26.2. The van der Waals surface area contributed by atoms with E-state index < -0.39 is 97.4 Å². The zero-order chi connectivity index (χ0) is 46.2. The average molecular weight is 930 g/mol. The lowest BCUT2D eigenvalue weighted by molar-refractivity contribution is -0.231. The van der Waals surface area contributed by atoms with Gasteiger partial charge >= 0.3 is 0 Å². The number of fused-ring (bicyclic) bond motifs is 2. The van der Waals surface area contributed by atoms with E-state index in [2.05, 4.69) is 20.8 Å². The predicted molar refractivity (Wildman–Crippen MR) is 243 cm³/mol. The standard InChI is InChI=1S/C49H71NO12S2/c1-26(2)27(3)39-40(62-39)44(5,59)36-11-14-49(61)34-20-37(55)48-21-38(56)46(60,25-53)24-43(48,4)32(34)10-13-45(36,49)12-9-28-17-30(19-31(54)18-28)50-16-15-47(41(50)57)29(22-51)7-6-8-33(47)35(23-52)63-64-42(48)58/h17-20,26-27,29,32-33,35-36,38-40,42,51-54,56,58-61H,6-16,21-25H2,1-5H3. The second kappa shape index (κ2) is 16.2. The highest BCUT2D eigenvalue weighted by molar-refractivity contribution is 8.77. The number of phenolic OH excluding ortho intramolecular Hbond substituents is 1. The molecule has 3 spiro atoms. The summed E-state index contributed by atoms with van der Waals surface area (Å²) in [6.45, 7) is 9.01. The number of hydrogen-bond acceptors (Lipinski definition) is 14. The fourth-order valence-electron chi connectivity index (χ4n) is 15.7. The van der Waals surface area contributed by atoms with Crippen molar-refractivity contribution in [3.05, 3.63) is 35.4 Å². The largest absolute Gasteiger partial charge is 0.508 e. The lowest BCUT2D eigenvalue weighted by Gasteiger charge is -2.66. The Morgan fingerprint density at radius 1 is 0.953 bits per heavy atom. The quantitative estimate of drug-likeness (QED) is 0.138. The molecule has 4 saturated carbocycles. The lowest BCUT2D eigenvalue weighted by Crippen LogP contribution is -2.71. The molecule has 64 heavy (non-hydrogen) atoms. The molecule has 6 fully saturated rings. The summed E-state index contributed by atoms with van der Waals surface area (Å²) in [7, 11) is 2.22. The van der Waals surface area contributed by atoms with Gasteiger partial charge in [0.05, 0.1) is 47.5 Å². The number of aromatic hydroxyl groups is 1. The molecule has 0 aromatic heterocycles. The third-order valence-electron chi connectivity index (χ3n) is 19.5. The first kappa shape index (κ1) is 47.3. The maximum Gasteiger partial charge on any atom is 0.233 e. The van der Waals surface area contributed by atoms with E-state index in [4.69, 9.17) is 4.74 Å². The Balaban J connectivity index is 1.22. The molecule has 11 rings (SSSR count). The molecule has 5 heterocycles. The number of anilines is 1. The second-order valence-electron chi connectivity index (χ2n) is 22.3. The Labute approximate surface area is 384 Å². The summed E-state index contributed by atoms with van der Waals surface area (Å²) in [5.41, 5.74) is -9.84. The molecule has 17 unspecified atom stereocenters. The van der Waals surface area contributed by atoms with Crippen molar-refractivity contribution in [2.75, 3.05) is 31.3 Å². The highest BCUT2D eigenvalue weighted by Crippen LogP contribution is 2.74. The predicted octanol–water partition coefficient (Wildman–Crippen LogP) is 4.26. The van der Waals surface area contributed by atoms with Crippen molar-refractivity contribution in [1.82, 2.24) is 0 Å². The maximum absolute atomic E-state index is 15.4. The maximum atomic E-state index is 15.4. The van der Waals surface area contributed by atoms with Crippen LogP contribution < -0.4 is 4.90 Å². The van der Waals surface area contributed by atoms with Gasteiger partial charge in [-0.3, -0.25) is 9.59 Å². The van der Waals surface area contributed by atoms with Gasteiger partial charge in [0, 0.05) is 35.6 Å². The van der Waals surface area contributed by atoms with Crippen LogP contribution in [-0.2, 0) is 20.7 Å². The number of aryl methyl sites for hydroxylation is 1. The normalized spacial score (nSPS) is 46.9. The van der Waals surface area contributed by atoms with Gasteiger partial charge in [-0.15, -0.1) is 0 Å². The number of carbonyl (C=O) groups is 2. The number of epoxide rings is 1. The molecule has 10 aliphatic rings. The molecule has 1 aromatic carbocycles. The molecule has 17 atom stereocenters. The van der Waals surface area contributed by atoms with Crippen molar-refractivity contribution in [3.8, 4) is 5.75 Å². The van der Waals surface area contributed by atoms with Gasteiger partial charge in [0.2, 0.25) is 5.91 Å². The summed E-state index contributed by atoms with van der Waals surface area (Å²) in [6.07, 6.45) is 3.16. The van der Waals surface area contributed by atoms with Crippen LogP contribution >= 0.6 is 21.6 Å². The summed E-state index contributed by atoms with van der Waals surface area (Å²) >= 11 is 0. The number of ketones is 1. The number of carbonyl (C=O) groups excluding carboxylic acids is 2. The van der Waals surface area contributed by atoms with Crippen molar-refractivity contribution < 1.29 is 60.3 Å². The van der Waals surface area contributed by atoms with Crippen LogP contribution in [0.1, 0.15) is 111 Å². The number of ether oxygens (including phenoxy) is 1. The molecule has 13 nitrogen and oxygen atoms in total. The molecule has 2 saturated heterocycles. The summed E-state index contributed by atoms with van der Waals surface area (Å²) < 4.78 is 6.33. The molecular weight excluding hydrogens is 859 g/mol. The minimum absolute atomic E-state index is 0.0238. The van der Waals surface area contributed by atoms with E-state index in [0.717, 1.165) is 22.8 Å². The van der Waals surface area contributed by atoms with Crippen LogP contribution in [0.15, 0.2) is 29.8 Å². The monoisotopic (exact) mass is 929 g/mol. The summed E-state index contributed by atoms with van der Waals surface area (Å²) in [5.74, 6) is -2.11. The van der Waals surface area contributed by atoms with Gasteiger partial charge in [0.15, 0.2) is 5.78 Å². The van der Waals surface area contributed by atoms with E-state index in [1.807, 2.05) is 19.9 Å². The number of phenols is 1. The Bertz CT molecular complexity index is 2050. The van der Waals surface area contributed by atoms with Crippen LogP contribution in [0.4, 0.5) is 5.69 Å². The Morgan fingerprint density at radius 3 is 2.39 bits per heavy atom. The van der Waals surface area contributed by atoms with E-state index in [9.17, 15) is 46.0 Å². The smallest absolute Gasteiger partial charge is 0.233 e. The average Bonchev–Trinajstić information content (AvgIpc) is 3.92. The number of benzene rings is 1. The Hall–Kier alpha value is -1.76. The number of aliphatic hydroxyl groups excluding tert-OH is 5. The van der Waals surface area contributed by atoms with Crippen molar-refractivity contribution in [2.24, 2.45) is 57.2 Å². The van der Waals surface area contributed by atoms with Crippen LogP contribution in [-0.4, -0.2) is 130 Å². The first-order valence-electron chi connectivity index (χ1n) is 23.9. The molecule has 9 N–H and O–H groups in total. The third kappa shape index (κ3) is 6.44. The highest BCUT2D eigenvalue weighted by atomic mass is 33.1. The summed E-state index contributed by atoms with van der Waals surface area (Å²) in [4.78, 5) is 32.3. The first-order chi connectivity index (χ1) is 30.2. The van der Waals surface area contributed by atoms with Crippen LogP contribution in [0.5, 0.6) is 5.75 Å². The van der Waals surface area contributed by atoms with Gasteiger partial charge in [-0.1, -0.05) is 55.7 Å². The number of hydrogen-bond donors (Lipinski definition) is 9. The molecule has 5 aliphatic carbocycles. The third-order valence-corrected chi connectivity index (χ3v) is 22.6. The highest BCUT2D eigenvalue weighted by Gasteiger charge is 2.76. The fraction of sp³-hybridized carbons (Fsp3) is 0.796. The van der Waals surface area contributed by atoms with Gasteiger partial charge in [0.25, 0.3) is 0 Å². The molecule has 0 radical (unpaired) electrons. The molecule has 8 bridgehead atoms. The number of allylic oxidation sites excluding steroid dienone is 1. The second-order valence-corrected chi connectivity index (χ2v) is 24.9. The zero-order valence-electron chi connectivity index (χ0n) is 38.0. The minimum atomic E-state index is -2.01. The number of nitrogens with zero attached hydrogens (tertiary/aromatic N) is 1. The van der Waals surface area contributed by atoms with E-state index in [0.29, 0.717) is 75.1 Å². The van der Waals surface area contributed by atoms with Crippen LogP contribution in [0.2, 0.25) is 0 Å². The summed E-state index contributed by atoms with van der Waals surface area (Å²) in [6, 6.07) is 5.17. The lowest BCUT2D eigenvalue weighted by atomic mass is 9.39. The Morgan fingerprint density at radius 2 is 1.70 bits per heavy atom. The van der Waals surface area contributed by atoms with Crippen molar-refractivity contribution >= 4 is 39.0 Å². The summed E-state index contributed by atoms with van der Waals surface area (Å²) in [5, 5.41) is 106. The van der Waals surface area contributed by atoms with Crippen molar-refractivity contribution in [2.45, 2.75) is 157 Å². The topological polar surface area (TPSA) is 232 Å². The molecule has 15 heteroatoms. The number of rotatable bonds is 7. The van der Waals surface area contributed by atoms with Crippen LogP contribution in [0.3, 0.4) is 0 Å². The van der Waals surface area contributed by atoms with E-state index in [1.165, 1.54) is 16.9 Å². The molecule has 356 valence electrons. The van der Waals surface area contributed by atoms with E-state index in [-0.39, 0.29) is 56.2 Å². The van der Waals surface area contributed by atoms with Crippen LogP contribution in [0.25, 0.3) is 0 Å². The van der Waals surface area contributed by atoms with Crippen molar-refractivity contribution in [3.63, 3.8) is 0 Å². The molecule has 5 aliphatic heterocycles. The van der Waals surface area contributed by atoms with Crippen LogP contribution in [0, 0.1) is 57.2 Å². The van der Waals surface area contributed by atoms with Gasteiger partial charge in [-0.05, 0) is 148 Å². The van der Waals surface area contributed by atoms with Gasteiger partial charge in [-0.25, -0.2) is 0 Å². The van der Waals surface area contributed by atoms with E-state index >= 15 is 9.59 Å². The van der Waals surface area contributed by atoms with E-state index in [1.54, 1.807) is 17.0 Å². The van der Waals surface area contributed by atoms with Crippen molar-refractivity contribution in [1.29, 1.82) is 0 Å². The van der Waals surface area contributed by atoms with Gasteiger partial charge in [-0.2, -0.15) is 0 Å². The molecule has 1 aromatic rings. The molecular formula is C49H71NO12S2. The fourth-order valence-corrected chi connectivity index (χ4v) is 19.0. The Kier molecular flexibility index (Phi) is 12.0. The SMILES string of the molecule is CC(C)C(C)C1OC1C(C)(O)C1CCC2(O)C3=CC(=O)C45CC(O)C(O)(CO)CC4(C)C3CCC12CCc1cc(O)cc(c1)N1CCC2(C1=O)C(CO)CCCC2C(CO)SSC5O. The number of amides is 1. The zero-order valence-corrected chi connectivity index (χ0v) is 39.6. The molecule has 1 amide bonds. The van der Waals surface area contributed by atoms with Gasteiger partial charge < -0.3 is 55.6 Å².